The van der Waals surface area contributed by atoms with Gasteiger partial charge in [0.15, 0.2) is 0 Å². The van der Waals surface area contributed by atoms with Gasteiger partial charge in [-0.05, 0) is 24.0 Å². The average Bonchev–Trinajstić information content (AvgIpc) is 2.33. The summed E-state index contributed by atoms with van der Waals surface area (Å²) in [5.74, 6) is 1.44. The molecule has 0 amide bonds. The molecule has 0 saturated heterocycles. The van der Waals surface area contributed by atoms with Crippen LogP contribution in [0.3, 0.4) is 0 Å². The minimum Gasteiger partial charge on any atom is -0.299 e. The minimum atomic E-state index is 0.244. The molecule has 0 unspecified atom stereocenters. The summed E-state index contributed by atoms with van der Waals surface area (Å²) in [7, 11) is 0. The smallest absolute Gasteiger partial charge is 0.143 e. The summed E-state index contributed by atoms with van der Waals surface area (Å²) >= 11 is 1.46. The van der Waals surface area contributed by atoms with Gasteiger partial charge in [0.1, 0.15) is 11.6 Å². The normalized spacial score (nSPS) is 18.4. The fraction of sp³-hybridized carbons (Fsp3) is 0.429. The van der Waals surface area contributed by atoms with Crippen LogP contribution in [-0.2, 0) is 22.4 Å². The molecule has 1 aliphatic rings. The number of rotatable bonds is 0. The largest absolute Gasteiger partial charge is 0.299 e. The number of hydrogen-bond donors (Lipinski definition) is 0. The van der Waals surface area contributed by atoms with Gasteiger partial charge in [-0.3, -0.25) is 9.59 Å². The lowest BCUT2D eigenvalue weighted by Gasteiger charge is -2.07. The van der Waals surface area contributed by atoms with Gasteiger partial charge < -0.3 is 0 Å². The first-order chi connectivity index (χ1) is 8.24. The molecular weight excluding hydrogens is 232 g/mol. The van der Waals surface area contributed by atoms with E-state index in [1.165, 1.54) is 22.9 Å². The SMILES string of the molecule is O=C1CCc2cccc(c2)CCC(=O)CSC1. The van der Waals surface area contributed by atoms with E-state index in [2.05, 4.69) is 18.2 Å². The van der Waals surface area contributed by atoms with Crippen molar-refractivity contribution in [1.82, 2.24) is 0 Å². The highest BCUT2D eigenvalue weighted by Crippen LogP contribution is 2.13. The van der Waals surface area contributed by atoms with E-state index < -0.39 is 0 Å². The zero-order valence-electron chi connectivity index (χ0n) is 9.78. The van der Waals surface area contributed by atoms with Crippen molar-refractivity contribution in [1.29, 1.82) is 0 Å². The number of benzene rings is 1. The van der Waals surface area contributed by atoms with Crippen molar-refractivity contribution in [3.8, 4) is 0 Å². The first-order valence-corrected chi connectivity index (χ1v) is 7.08. The van der Waals surface area contributed by atoms with Crippen LogP contribution >= 0.6 is 11.8 Å². The number of thioether (sulfide) groups is 1. The number of carbonyl (C=O) groups excluding carboxylic acids is 2. The summed E-state index contributed by atoms with van der Waals surface area (Å²) in [4.78, 5) is 23.1. The van der Waals surface area contributed by atoms with Gasteiger partial charge in [0.05, 0.1) is 11.5 Å². The molecule has 17 heavy (non-hydrogen) atoms. The summed E-state index contributed by atoms with van der Waals surface area (Å²) in [6.45, 7) is 0. The maximum absolute atomic E-state index is 11.6. The number of Topliss-reactive ketones (excluding diaryl/α,β-unsaturated/α-hetero) is 2. The second-order valence-corrected chi connectivity index (χ2v) is 5.38. The predicted octanol–water partition coefficient (Wildman–Crippen LogP) is 2.44. The predicted molar refractivity (Wildman–Crippen MR) is 70.4 cm³/mol. The maximum atomic E-state index is 11.6. The fourth-order valence-corrected chi connectivity index (χ4v) is 2.78. The van der Waals surface area contributed by atoms with E-state index in [9.17, 15) is 9.59 Å². The maximum Gasteiger partial charge on any atom is 0.143 e. The van der Waals surface area contributed by atoms with E-state index in [0.29, 0.717) is 24.3 Å². The Hall–Kier alpha value is -1.09. The standard InChI is InChI=1S/C14H16O2S/c15-13-6-4-11-2-1-3-12(8-11)5-7-14(16)10-17-9-13/h1-3,8H,4-7,9-10H2. The Bertz CT molecular complexity index is 391. The molecule has 1 aromatic carbocycles. The lowest BCUT2D eigenvalue weighted by Crippen LogP contribution is -2.09. The number of hydrogen-bond acceptors (Lipinski definition) is 3. The van der Waals surface area contributed by atoms with Crippen LogP contribution in [0.1, 0.15) is 24.0 Å². The molecule has 0 saturated carbocycles. The Balaban J connectivity index is 2.12. The van der Waals surface area contributed by atoms with Gasteiger partial charge in [-0.1, -0.05) is 24.3 Å². The van der Waals surface area contributed by atoms with E-state index in [0.717, 1.165) is 12.8 Å². The molecule has 1 aliphatic heterocycles. The first-order valence-electron chi connectivity index (χ1n) is 5.93. The first kappa shape index (κ1) is 12.4. The molecule has 1 heterocycles. The molecule has 0 aliphatic carbocycles. The highest BCUT2D eigenvalue weighted by atomic mass is 32.2. The van der Waals surface area contributed by atoms with Gasteiger partial charge >= 0.3 is 0 Å². The lowest BCUT2D eigenvalue weighted by atomic mass is 10.0. The molecule has 1 aromatic rings. The van der Waals surface area contributed by atoms with Gasteiger partial charge in [-0.25, -0.2) is 0 Å². The Labute approximate surface area is 106 Å². The monoisotopic (exact) mass is 248 g/mol. The number of ketones is 2. The van der Waals surface area contributed by atoms with Gasteiger partial charge in [-0.2, -0.15) is 0 Å². The minimum absolute atomic E-state index is 0.244. The summed E-state index contributed by atoms with van der Waals surface area (Å²) in [5, 5.41) is 0. The number of aryl methyl sites for hydroxylation is 2. The van der Waals surface area contributed by atoms with E-state index in [-0.39, 0.29) is 11.6 Å². The van der Waals surface area contributed by atoms with E-state index in [4.69, 9.17) is 0 Å². The van der Waals surface area contributed by atoms with Crippen molar-refractivity contribution in [2.45, 2.75) is 25.7 Å². The van der Waals surface area contributed by atoms with Crippen molar-refractivity contribution in [3.05, 3.63) is 35.4 Å². The average molecular weight is 248 g/mol. The van der Waals surface area contributed by atoms with Crippen LogP contribution in [0, 0.1) is 0 Å². The molecule has 0 fully saturated rings. The summed E-state index contributed by atoms with van der Waals surface area (Å²) in [6.07, 6.45) is 2.82. The Morgan fingerprint density at radius 2 is 1.35 bits per heavy atom. The molecule has 0 N–H and O–H groups in total. The van der Waals surface area contributed by atoms with Crippen LogP contribution in [0.2, 0.25) is 0 Å². The van der Waals surface area contributed by atoms with Crippen LogP contribution in [-0.4, -0.2) is 23.1 Å². The van der Waals surface area contributed by atoms with Crippen LogP contribution in [0.5, 0.6) is 0 Å². The van der Waals surface area contributed by atoms with E-state index in [1.54, 1.807) is 0 Å². The summed E-state index contributed by atoms with van der Waals surface area (Å²) in [5.41, 5.74) is 2.41. The molecule has 0 radical (unpaired) electrons. The van der Waals surface area contributed by atoms with Crippen LogP contribution in [0.4, 0.5) is 0 Å². The summed E-state index contributed by atoms with van der Waals surface area (Å²) in [6, 6.07) is 8.24. The fourth-order valence-electron chi connectivity index (χ4n) is 1.93. The molecule has 0 spiro atoms. The van der Waals surface area contributed by atoms with E-state index >= 15 is 0 Å². The molecule has 2 nitrogen and oxygen atoms in total. The number of carbonyl (C=O) groups is 2. The second kappa shape index (κ2) is 6.01. The van der Waals surface area contributed by atoms with E-state index in [1.807, 2.05) is 6.07 Å². The van der Waals surface area contributed by atoms with Crippen molar-refractivity contribution in [3.63, 3.8) is 0 Å². The summed E-state index contributed by atoms with van der Waals surface area (Å²) < 4.78 is 0. The van der Waals surface area contributed by atoms with Gasteiger partial charge in [-0.15, -0.1) is 11.8 Å². The van der Waals surface area contributed by atoms with Gasteiger partial charge in [0.2, 0.25) is 0 Å². The molecule has 2 bridgehead atoms. The molecule has 0 atom stereocenters. The highest BCUT2D eigenvalue weighted by molar-refractivity contribution is 8.00. The third kappa shape index (κ3) is 4.00. The molecular formula is C14H16O2S. The van der Waals surface area contributed by atoms with Crippen molar-refractivity contribution >= 4 is 23.3 Å². The van der Waals surface area contributed by atoms with Crippen LogP contribution in [0.25, 0.3) is 0 Å². The van der Waals surface area contributed by atoms with Gasteiger partial charge in [0.25, 0.3) is 0 Å². The zero-order valence-corrected chi connectivity index (χ0v) is 10.6. The molecule has 0 aromatic heterocycles. The molecule has 3 heteroatoms. The number of fused-ring (bicyclic) bond motifs is 2. The van der Waals surface area contributed by atoms with Crippen LogP contribution < -0.4 is 0 Å². The Morgan fingerprint density at radius 3 is 1.88 bits per heavy atom. The molecule has 2 rings (SSSR count). The molecule has 90 valence electrons. The quantitative estimate of drug-likeness (QED) is 0.707. The lowest BCUT2D eigenvalue weighted by molar-refractivity contribution is -0.116. The zero-order chi connectivity index (χ0) is 12.1. The third-order valence-electron chi connectivity index (χ3n) is 2.90. The van der Waals surface area contributed by atoms with Crippen molar-refractivity contribution < 1.29 is 9.59 Å². The Morgan fingerprint density at radius 1 is 0.824 bits per heavy atom. The van der Waals surface area contributed by atoms with Crippen molar-refractivity contribution in [2.75, 3.05) is 11.5 Å². The van der Waals surface area contributed by atoms with Crippen molar-refractivity contribution in [2.24, 2.45) is 0 Å². The Kier molecular flexibility index (Phi) is 4.37. The third-order valence-corrected chi connectivity index (χ3v) is 3.95. The topological polar surface area (TPSA) is 34.1 Å². The highest BCUT2D eigenvalue weighted by Gasteiger charge is 2.09. The van der Waals surface area contributed by atoms with Gasteiger partial charge in [0, 0.05) is 12.8 Å². The second-order valence-electron chi connectivity index (χ2n) is 4.39. The van der Waals surface area contributed by atoms with Crippen LogP contribution in [0.15, 0.2) is 24.3 Å².